The molecule has 1 fully saturated rings. The second-order valence-corrected chi connectivity index (χ2v) is 10.1. The van der Waals surface area contributed by atoms with Gasteiger partial charge < -0.3 is 34.1 Å². The summed E-state index contributed by atoms with van der Waals surface area (Å²) in [5.74, 6) is 1.34. The third-order valence-corrected chi connectivity index (χ3v) is 7.98. The van der Waals surface area contributed by atoms with Crippen LogP contribution in [0.15, 0.2) is 47.3 Å². The van der Waals surface area contributed by atoms with Gasteiger partial charge in [0.15, 0.2) is 0 Å². The van der Waals surface area contributed by atoms with Crippen molar-refractivity contribution in [1.29, 1.82) is 0 Å². The smallest absolute Gasteiger partial charge is 0.251 e. The van der Waals surface area contributed by atoms with E-state index in [4.69, 9.17) is 9.47 Å². The Kier molecular flexibility index (Phi) is 7.46. The molecule has 3 heterocycles. The van der Waals surface area contributed by atoms with Gasteiger partial charge in [-0.25, -0.2) is 0 Å². The van der Waals surface area contributed by atoms with E-state index in [1.165, 1.54) is 11.8 Å². The number of carbonyl (C=O) groups is 1. The van der Waals surface area contributed by atoms with Gasteiger partial charge in [-0.2, -0.15) is 0 Å². The van der Waals surface area contributed by atoms with E-state index in [1.807, 2.05) is 18.2 Å². The Labute approximate surface area is 223 Å². The van der Waals surface area contributed by atoms with Crippen LogP contribution in [0.1, 0.15) is 23.2 Å². The molecule has 0 atom stereocenters. The van der Waals surface area contributed by atoms with Crippen molar-refractivity contribution in [2.45, 2.75) is 25.4 Å². The van der Waals surface area contributed by atoms with Gasteiger partial charge in [0.1, 0.15) is 18.1 Å². The van der Waals surface area contributed by atoms with Gasteiger partial charge in [0, 0.05) is 82.6 Å². The standard InChI is InChI=1S/C29H37N5O4/c1-30-29(36)24-19-28(35)34(26-18-22(37-4)6-7-23(24)26)14-13-33-11-9-20(10-12-33)32(3)21-5-8-25-27(17-21)38-16-15-31(25)2/h5-8,17-20H,9-16H2,1-4H3,(H,30,36). The van der Waals surface area contributed by atoms with Crippen molar-refractivity contribution in [2.24, 2.45) is 0 Å². The molecular formula is C29H37N5O4. The monoisotopic (exact) mass is 519 g/mol. The van der Waals surface area contributed by atoms with Crippen LogP contribution in [0.2, 0.25) is 0 Å². The summed E-state index contributed by atoms with van der Waals surface area (Å²) in [6.45, 7) is 4.87. The van der Waals surface area contributed by atoms with E-state index >= 15 is 0 Å². The minimum absolute atomic E-state index is 0.181. The number of fused-ring (bicyclic) bond motifs is 2. The Bertz CT molecular complexity index is 1380. The first kappa shape index (κ1) is 25.9. The Morgan fingerprint density at radius 2 is 1.89 bits per heavy atom. The molecule has 2 aliphatic heterocycles. The molecule has 2 aliphatic rings. The number of anilines is 2. The Morgan fingerprint density at radius 3 is 2.63 bits per heavy atom. The van der Waals surface area contributed by atoms with E-state index in [0.717, 1.165) is 62.5 Å². The number of likely N-dealkylation sites (tertiary alicyclic amines) is 1. The van der Waals surface area contributed by atoms with Crippen LogP contribution in [0, 0.1) is 0 Å². The molecule has 9 nitrogen and oxygen atoms in total. The fourth-order valence-corrected chi connectivity index (χ4v) is 5.59. The number of methoxy groups -OCH3 is 1. The third-order valence-electron chi connectivity index (χ3n) is 7.98. The normalized spacial score (nSPS) is 16.2. The lowest BCUT2D eigenvalue weighted by Crippen LogP contribution is -2.44. The number of carbonyl (C=O) groups excluding carboxylic acids is 1. The number of piperidine rings is 1. The average molecular weight is 520 g/mol. The molecule has 2 aromatic carbocycles. The zero-order valence-corrected chi connectivity index (χ0v) is 22.7. The SMILES string of the molecule is CNC(=O)c1cc(=O)n(CCN2CCC(N(C)c3ccc4c(c3)OCCN4C)CC2)c2cc(OC)ccc12. The minimum atomic E-state index is -0.270. The second kappa shape index (κ2) is 10.9. The van der Waals surface area contributed by atoms with Crippen LogP contribution in [-0.4, -0.2) is 82.5 Å². The zero-order valence-electron chi connectivity index (χ0n) is 22.7. The fourth-order valence-electron chi connectivity index (χ4n) is 5.59. The Balaban J connectivity index is 1.26. The van der Waals surface area contributed by atoms with Crippen molar-refractivity contribution < 1.29 is 14.3 Å². The topological polar surface area (TPSA) is 79.3 Å². The number of nitrogens with zero attached hydrogens (tertiary/aromatic N) is 4. The maximum absolute atomic E-state index is 13.1. The predicted octanol–water partition coefficient (Wildman–Crippen LogP) is 2.80. The highest BCUT2D eigenvalue weighted by Crippen LogP contribution is 2.35. The Hall–Kier alpha value is -3.72. The van der Waals surface area contributed by atoms with E-state index in [0.29, 0.717) is 29.4 Å². The molecule has 38 heavy (non-hydrogen) atoms. The number of benzene rings is 2. The number of ether oxygens (including phenoxy) is 2. The van der Waals surface area contributed by atoms with Gasteiger partial charge >= 0.3 is 0 Å². The summed E-state index contributed by atoms with van der Waals surface area (Å²) in [7, 11) is 7.44. The van der Waals surface area contributed by atoms with Crippen LogP contribution in [0.3, 0.4) is 0 Å². The number of rotatable bonds is 7. The summed E-state index contributed by atoms with van der Waals surface area (Å²) in [6, 6.07) is 13.9. The number of aromatic nitrogens is 1. The molecule has 5 rings (SSSR count). The van der Waals surface area contributed by atoms with Crippen LogP contribution in [0.5, 0.6) is 11.5 Å². The molecule has 0 aliphatic carbocycles. The van der Waals surface area contributed by atoms with E-state index in [9.17, 15) is 9.59 Å². The third kappa shape index (κ3) is 5.03. The largest absolute Gasteiger partial charge is 0.497 e. The molecule has 1 amide bonds. The number of hydrogen-bond acceptors (Lipinski definition) is 7. The highest BCUT2D eigenvalue weighted by Gasteiger charge is 2.25. The lowest BCUT2D eigenvalue weighted by Gasteiger charge is -2.38. The first-order valence-corrected chi connectivity index (χ1v) is 13.3. The molecule has 0 saturated carbocycles. The van der Waals surface area contributed by atoms with Gasteiger partial charge in [0.05, 0.1) is 30.4 Å². The molecule has 1 aromatic heterocycles. The lowest BCUT2D eigenvalue weighted by molar-refractivity contribution is 0.0964. The number of pyridine rings is 1. The molecule has 9 heteroatoms. The van der Waals surface area contributed by atoms with Crippen molar-refractivity contribution in [3.63, 3.8) is 0 Å². The predicted molar refractivity (Wildman–Crippen MR) is 151 cm³/mol. The van der Waals surface area contributed by atoms with Crippen LogP contribution in [-0.2, 0) is 6.54 Å². The first-order chi connectivity index (χ1) is 18.4. The molecule has 1 N–H and O–H groups in total. The van der Waals surface area contributed by atoms with Crippen molar-refractivity contribution in [2.75, 3.05) is 70.8 Å². The van der Waals surface area contributed by atoms with E-state index in [2.05, 4.69) is 52.3 Å². The number of hydrogen-bond donors (Lipinski definition) is 1. The van der Waals surface area contributed by atoms with E-state index in [1.54, 1.807) is 18.7 Å². The maximum atomic E-state index is 13.1. The quantitative estimate of drug-likeness (QED) is 0.514. The van der Waals surface area contributed by atoms with Gasteiger partial charge in [-0.15, -0.1) is 0 Å². The Morgan fingerprint density at radius 1 is 1.11 bits per heavy atom. The van der Waals surface area contributed by atoms with Crippen LogP contribution in [0.4, 0.5) is 11.4 Å². The summed E-state index contributed by atoms with van der Waals surface area (Å²) in [5.41, 5.74) is 3.24. The summed E-state index contributed by atoms with van der Waals surface area (Å²) in [5, 5.41) is 3.38. The maximum Gasteiger partial charge on any atom is 0.251 e. The van der Waals surface area contributed by atoms with Gasteiger partial charge in [0.2, 0.25) is 0 Å². The molecule has 0 unspecified atom stereocenters. The number of likely N-dealkylation sites (N-methyl/N-ethyl adjacent to an activating group) is 1. The van der Waals surface area contributed by atoms with Crippen LogP contribution < -0.4 is 30.1 Å². The summed E-state index contributed by atoms with van der Waals surface area (Å²) in [6.07, 6.45) is 2.10. The number of nitrogens with one attached hydrogen (secondary N) is 1. The second-order valence-electron chi connectivity index (χ2n) is 10.1. The molecule has 1 saturated heterocycles. The van der Waals surface area contributed by atoms with Crippen molar-refractivity contribution in [3.05, 3.63) is 58.4 Å². The van der Waals surface area contributed by atoms with Crippen molar-refractivity contribution >= 4 is 28.2 Å². The van der Waals surface area contributed by atoms with Gasteiger partial charge in [0.25, 0.3) is 11.5 Å². The fraction of sp³-hybridized carbons (Fsp3) is 0.448. The highest BCUT2D eigenvalue weighted by molar-refractivity contribution is 6.06. The molecule has 0 radical (unpaired) electrons. The van der Waals surface area contributed by atoms with Crippen molar-refractivity contribution in [1.82, 2.24) is 14.8 Å². The van der Waals surface area contributed by atoms with Gasteiger partial charge in [-0.3, -0.25) is 9.59 Å². The lowest BCUT2D eigenvalue weighted by atomic mass is 10.0. The molecule has 202 valence electrons. The molecule has 0 bridgehead atoms. The van der Waals surface area contributed by atoms with Crippen molar-refractivity contribution in [3.8, 4) is 11.5 Å². The van der Waals surface area contributed by atoms with Gasteiger partial charge in [-0.1, -0.05) is 0 Å². The van der Waals surface area contributed by atoms with Gasteiger partial charge in [-0.05, 0) is 37.1 Å². The van der Waals surface area contributed by atoms with Crippen LogP contribution in [0.25, 0.3) is 10.9 Å². The minimum Gasteiger partial charge on any atom is -0.497 e. The summed E-state index contributed by atoms with van der Waals surface area (Å²) < 4.78 is 13.1. The number of amides is 1. The molecular weight excluding hydrogens is 482 g/mol. The van der Waals surface area contributed by atoms with E-state index < -0.39 is 0 Å². The molecule has 3 aromatic rings. The highest BCUT2D eigenvalue weighted by atomic mass is 16.5. The van der Waals surface area contributed by atoms with Crippen LogP contribution >= 0.6 is 0 Å². The zero-order chi connectivity index (χ0) is 26.8. The molecule has 0 spiro atoms. The summed E-state index contributed by atoms with van der Waals surface area (Å²) >= 11 is 0. The van der Waals surface area contributed by atoms with E-state index in [-0.39, 0.29) is 11.5 Å². The average Bonchev–Trinajstić information content (AvgIpc) is 2.95. The first-order valence-electron chi connectivity index (χ1n) is 13.3. The summed E-state index contributed by atoms with van der Waals surface area (Å²) in [4.78, 5) is 32.5.